The Hall–Kier alpha value is -3.76. The minimum absolute atomic E-state index is 0.203. The number of carbonyl (C=O) groups is 2. The number of hydrogen-bond donors (Lipinski definition) is 1. The highest BCUT2D eigenvalue weighted by molar-refractivity contribution is 7.15. The van der Waals surface area contributed by atoms with Crippen LogP contribution in [0, 0.1) is 12.7 Å². The van der Waals surface area contributed by atoms with Crippen molar-refractivity contribution in [3.63, 3.8) is 0 Å². The van der Waals surface area contributed by atoms with Crippen LogP contribution < -0.4 is 10.1 Å². The number of furan rings is 1. The lowest BCUT2D eigenvalue weighted by molar-refractivity contribution is 0.0488. The Kier molecular flexibility index (Phi) is 6.94. The Morgan fingerprint density at radius 1 is 1.19 bits per heavy atom. The average Bonchev–Trinajstić information content (AvgIpc) is 3.53. The molecule has 10 heteroatoms. The van der Waals surface area contributed by atoms with Gasteiger partial charge in [0, 0.05) is 31.6 Å². The van der Waals surface area contributed by atoms with E-state index in [1.165, 1.54) is 36.8 Å². The molecule has 37 heavy (non-hydrogen) atoms. The van der Waals surface area contributed by atoms with Crippen LogP contribution >= 0.6 is 11.3 Å². The van der Waals surface area contributed by atoms with Gasteiger partial charge in [-0.15, -0.1) is 11.3 Å². The van der Waals surface area contributed by atoms with Crippen molar-refractivity contribution in [1.29, 1.82) is 0 Å². The summed E-state index contributed by atoms with van der Waals surface area (Å²) in [5.41, 5.74) is 2.08. The Morgan fingerprint density at radius 3 is 2.73 bits per heavy atom. The van der Waals surface area contributed by atoms with E-state index in [9.17, 15) is 14.0 Å². The summed E-state index contributed by atoms with van der Waals surface area (Å²) < 4.78 is 24.4. The zero-order valence-electron chi connectivity index (χ0n) is 20.8. The molecule has 1 aliphatic rings. The molecule has 5 rings (SSSR count). The van der Waals surface area contributed by atoms with E-state index in [0.717, 1.165) is 10.6 Å². The fourth-order valence-corrected chi connectivity index (χ4v) is 5.60. The lowest BCUT2D eigenvalue weighted by atomic mass is 10.1. The number of benzene rings is 2. The average molecular weight is 523 g/mol. The molecule has 1 atom stereocenters. The third-order valence-electron chi connectivity index (χ3n) is 6.53. The van der Waals surface area contributed by atoms with Crippen LogP contribution in [-0.2, 0) is 0 Å². The number of aryl methyl sites for hydroxylation is 1. The summed E-state index contributed by atoms with van der Waals surface area (Å²) in [6.07, 6.45) is 1.53. The van der Waals surface area contributed by atoms with E-state index in [1.54, 1.807) is 35.2 Å². The summed E-state index contributed by atoms with van der Waals surface area (Å²) in [5.74, 6) is -0.399. The van der Waals surface area contributed by atoms with Gasteiger partial charge in [-0.05, 0) is 49.9 Å². The number of carbonyl (C=O) groups excluding carboxylic acids is 2. The highest BCUT2D eigenvalue weighted by Crippen LogP contribution is 2.32. The normalized spacial score (nSPS) is 16.2. The van der Waals surface area contributed by atoms with Crippen molar-refractivity contribution in [3.05, 3.63) is 70.8 Å². The zero-order chi connectivity index (χ0) is 26.1. The molecule has 2 aromatic carbocycles. The van der Waals surface area contributed by atoms with Crippen LogP contribution in [0.3, 0.4) is 0 Å². The molecular weight excluding hydrogens is 495 g/mol. The van der Waals surface area contributed by atoms with Gasteiger partial charge >= 0.3 is 0 Å². The monoisotopic (exact) mass is 522 g/mol. The lowest BCUT2D eigenvalue weighted by Crippen LogP contribution is -2.58. The molecule has 2 aromatic heterocycles. The molecule has 0 radical (unpaired) electrons. The van der Waals surface area contributed by atoms with Gasteiger partial charge in [0.15, 0.2) is 0 Å². The number of fused-ring (bicyclic) bond motifs is 1. The number of halogens is 1. The minimum atomic E-state index is -0.338. The van der Waals surface area contributed by atoms with E-state index >= 15 is 0 Å². The predicted molar refractivity (Wildman–Crippen MR) is 140 cm³/mol. The molecule has 2 amide bonds. The van der Waals surface area contributed by atoms with Gasteiger partial charge < -0.3 is 24.3 Å². The fraction of sp³-hybridized carbons (Fsp3) is 0.296. The second-order valence-electron chi connectivity index (χ2n) is 9.02. The molecule has 0 saturated carbocycles. The highest BCUT2D eigenvalue weighted by Gasteiger charge is 2.33. The second kappa shape index (κ2) is 10.3. The molecule has 1 unspecified atom stereocenters. The molecule has 4 aromatic rings. The third-order valence-corrected chi connectivity index (χ3v) is 7.55. The Labute approximate surface area is 217 Å². The first kappa shape index (κ1) is 24.9. The zero-order valence-corrected chi connectivity index (χ0v) is 21.6. The molecule has 1 saturated heterocycles. The molecule has 192 valence electrons. The van der Waals surface area contributed by atoms with E-state index < -0.39 is 0 Å². The van der Waals surface area contributed by atoms with E-state index in [1.807, 2.05) is 14.0 Å². The predicted octanol–water partition coefficient (Wildman–Crippen LogP) is 4.20. The van der Waals surface area contributed by atoms with Gasteiger partial charge in [-0.2, -0.15) is 0 Å². The van der Waals surface area contributed by atoms with Crippen molar-refractivity contribution in [2.45, 2.75) is 13.0 Å². The quantitative estimate of drug-likeness (QED) is 0.409. The molecule has 1 fully saturated rings. The summed E-state index contributed by atoms with van der Waals surface area (Å²) in [5, 5.41) is 4.41. The number of nitrogens with one attached hydrogen (secondary N) is 1. The van der Waals surface area contributed by atoms with Gasteiger partial charge in [0.25, 0.3) is 11.8 Å². The number of nitrogens with zero attached hydrogens (tertiary/aromatic N) is 3. The number of aromatic nitrogens is 1. The van der Waals surface area contributed by atoms with Crippen molar-refractivity contribution in [2.75, 3.05) is 40.3 Å². The smallest absolute Gasteiger partial charge is 0.274 e. The van der Waals surface area contributed by atoms with Crippen LogP contribution in [0.25, 0.3) is 21.4 Å². The Balaban J connectivity index is 1.39. The summed E-state index contributed by atoms with van der Waals surface area (Å²) in [6, 6.07) is 11.0. The Morgan fingerprint density at radius 2 is 1.97 bits per heavy atom. The van der Waals surface area contributed by atoms with Crippen molar-refractivity contribution < 1.29 is 23.1 Å². The van der Waals surface area contributed by atoms with E-state index in [-0.39, 0.29) is 30.2 Å². The summed E-state index contributed by atoms with van der Waals surface area (Å²) in [4.78, 5) is 36.2. The number of hydrogen-bond acceptors (Lipinski definition) is 7. The number of methoxy groups -OCH3 is 1. The molecule has 3 heterocycles. The van der Waals surface area contributed by atoms with E-state index in [4.69, 9.17) is 9.15 Å². The minimum Gasteiger partial charge on any atom is -0.496 e. The summed E-state index contributed by atoms with van der Waals surface area (Å²) in [6.45, 7) is 3.89. The van der Waals surface area contributed by atoms with Gasteiger partial charge in [0.1, 0.15) is 22.8 Å². The van der Waals surface area contributed by atoms with Crippen molar-refractivity contribution in [2.24, 2.45) is 0 Å². The first-order valence-corrected chi connectivity index (χ1v) is 12.7. The van der Waals surface area contributed by atoms with Crippen molar-refractivity contribution in [3.8, 4) is 16.2 Å². The van der Waals surface area contributed by atoms with Crippen LogP contribution in [0.15, 0.2) is 53.1 Å². The molecule has 1 N–H and O–H groups in total. The number of amides is 2. The van der Waals surface area contributed by atoms with E-state index in [0.29, 0.717) is 52.5 Å². The first-order chi connectivity index (χ1) is 17.9. The summed E-state index contributed by atoms with van der Waals surface area (Å²) >= 11 is 1.40. The molecule has 1 aliphatic heterocycles. The maximum atomic E-state index is 13.8. The summed E-state index contributed by atoms with van der Waals surface area (Å²) in [7, 11) is 3.51. The van der Waals surface area contributed by atoms with Gasteiger partial charge in [0.05, 0.1) is 34.9 Å². The number of rotatable bonds is 6. The van der Waals surface area contributed by atoms with Crippen molar-refractivity contribution in [1.82, 2.24) is 20.1 Å². The Bertz CT molecular complexity index is 1450. The van der Waals surface area contributed by atoms with Crippen LogP contribution in [0.2, 0.25) is 0 Å². The number of likely N-dealkylation sites (N-methyl/N-ethyl adjacent to an activating group) is 1. The number of thiazole rings is 1. The number of piperazine rings is 1. The van der Waals surface area contributed by atoms with E-state index in [2.05, 4.69) is 15.2 Å². The molecule has 0 spiro atoms. The van der Waals surface area contributed by atoms with Crippen LogP contribution in [0.5, 0.6) is 5.75 Å². The molecule has 0 aliphatic carbocycles. The highest BCUT2D eigenvalue weighted by atomic mass is 32.1. The largest absolute Gasteiger partial charge is 0.496 e. The topological polar surface area (TPSA) is 87.9 Å². The number of ether oxygens (including phenoxy) is 1. The lowest BCUT2D eigenvalue weighted by Gasteiger charge is -2.40. The van der Waals surface area contributed by atoms with Gasteiger partial charge in [-0.25, -0.2) is 9.37 Å². The maximum Gasteiger partial charge on any atom is 0.274 e. The SMILES string of the molecule is COc1ccc2occc2c1C(=O)NCC1CN(C)CCN1C(=O)c1nc(C)sc1-c1ccc(F)cc1. The van der Waals surface area contributed by atoms with Crippen LogP contribution in [0.1, 0.15) is 25.9 Å². The third kappa shape index (κ3) is 4.94. The van der Waals surface area contributed by atoms with Crippen LogP contribution in [0.4, 0.5) is 4.39 Å². The maximum absolute atomic E-state index is 13.8. The standard InChI is InChI=1S/C27H27FN4O4S/c1-16-30-24(25(37-16)17-4-6-18(28)7-5-17)27(34)32-12-11-31(2)15-19(32)14-29-26(33)23-20-10-13-36-21(20)8-9-22(23)35-3/h4-10,13,19H,11-12,14-15H2,1-3H3,(H,29,33). The molecule has 0 bridgehead atoms. The first-order valence-electron chi connectivity index (χ1n) is 11.9. The van der Waals surface area contributed by atoms with Crippen molar-refractivity contribution >= 4 is 34.1 Å². The second-order valence-corrected chi connectivity index (χ2v) is 10.2. The van der Waals surface area contributed by atoms with Gasteiger partial charge in [-0.1, -0.05) is 12.1 Å². The van der Waals surface area contributed by atoms with Gasteiger partial charge in [-0.3, -0.25) is 9.59 Å². The van der Waals surface area contributed by atoms with Gasteiger partial charge in [0.2, 0.25) is 0 Å². The van der Waals surface area contributed by atoms with Crippen LogP contribution in [-0.4, -0.2) is 73.0 Å². The molecular formula is C27H27FN4O4S. The molecule has 8 nitrogen and oxygen atoms in total. The fourth-order valence-electron chi connectivity index (χ4n) is 4.68.